The van der Waals surface area contributed by atoms with E-state index in [4.69, 9.17) is 23.2 Å². The van der Waals surface area contributed by atoms with E-state index in [1.54, 1.807) is 6.07 Å². The van der Waals surface area contributed by atoms with Gasteiger partial charge in [0.05, 0.1) is 33.4 Å². The molecule has 0 N–H and O–H groups in total. The molecule has 4 nitrogen and oxygen atoms in total. The summed E-state index contributed by atoms with van der Waals surface area (Å²) in [6.45, 7) is 0. The average Bonchev–Trinajstić information content (AvgIpc) is 2.77. The minimum atomic E-state index is -3.00. The zero-order chi connectivity index (χ0) is 14.3. The maximum atomic E-state index is 11.9. The van der Waals surface area contributed by atoms with Crippen LogP contribution in [0.3, 0.4) is 0 Å². The summed E-state index contributed by atoms with van der Waals surface area (Å²) in [4.78, 5) is 4.47. The van der Waals surface area contributed by atoms with E-state index in [2.05, 4.69) is 4.98 Å². The third-order valence-electron chi connectivity index (χ3n) is 3.66. The summed E-state index contributed by atoms with van der Waals surface area (Å²) in [6, 6.07) is 5.35. The van der Waals surface area contributed by atoms with Crippen LogP contribution in [0, 0.1) is 0 Å². The number of benzene rings is 1. The maximum absolute atomic E-state index is 11.9. The lowest BCUT2D eigenvalue weighted by molar-refractivity contribution is 0.471. The van der Waals surface area contributed by atoms with E-state index in [0.717, 1.165) is 17.5 Å². The first-order chi connectivity index (χ1) is 9.52. The molecule has 3 rings (SSSR count). The molecule has 1 atom stereocenters. The summed E-state index contributed by atoms with van der Waals surface area (Å²) in [7, 11) is -3.00. The van der Waals surface area contributed by atoms with Crippen LogP contribution in [0.1, 0.15) is 24.7 Å². The van der Waals surface area contributed by atoms with Crippen molar-refractivity contribution in [3.63, 3.8) is 0 Å². The second kappa shape index (κ2) is 5.20. The minimum absolute atomic E-state index is 0.132. The van der Waals surface area contributed by atoms with E-state index >= 15 is 0 Å². The molecule has 1 aliphatic rings. The Kier molecular flexibility index (Phi) is 3.69. The number of hydrogen-bond donors (Lipinski definition) is 0. The van der Waals surface area contributed by atoms with Crippen molar-refractivity contribution in [1.29, 1.82) is 0 Å². The van der Waals surface area contributed by atoms with Crippen molar-refractivity contribution in [2.24, 2.45) is 0 Å². The Morgan fingerprint density at radius 3 is 2.90 bits per heavy atom. The molecule has 0 bridgehead atoms. The lowest BCUT2D eigenvalue weighted by atomic mass is 10.1. The fourth-order valence-electron chi connectivity index (χ4n) is 2.84. The first-order valence-electron chi connectivity index (χ1n) is 6.43. The molecule has 0 spiro atoms. The molecule has 1 aromatic carbocycles. The molecular formula is C13H14Cl2N2O2S. The minimum Gasteiger partial charge on any atom is -0.322 e. The van der Waals surface area contributed by atoms with Gasteiger partial charge in [-0.15, -0.1) is 11.6 Å². The van der Waals surface area contributed by atoms with Crippen LogP contribution in [0.4, 0.5) is 0 Å². The molecule has 1 aliphatic heterocycles. The van der Waals surface area contributed by atoms with E-state index in [0.29, 0.717) is 17.3 Å². The number of nitrogens with zero attached hydrogens (tertiary/aromatic N) is 2. The highest BCUT2D eigenvalue weighted by atomic mass is 35.5. The molecule has 1 aromatic heterocycles. The first kappa shape index (κ1) is 14.2. The van der Waals surface area contributed by atoms with Crippen molar-refractivity contribution >= 4 is 44.1 Å². The fraction of sp³-hybridized carbons (Fsp3) is 0.462. The normalized spacial score (nSPS) is 22.2. The van der Waals surface area contributed by atoms with Crippen LogP contribution in [0.2, 0.25) is 5.02 Å². The molecule has 20 heavy (non-hydrogen) atoms. The predicted molar refractivity (Wildman–Crippen MR) is 81.2 cm³/mol. The van der Waals surface area contributed by atoms with Gasteiger partial charge in [0.25, 0.3) is 0 Å². The Bertz CT molecular complexity index is 755. The number of imidazole rings is 1. The van der Waals surface area contributed by atoms with E-state index in [1.807, 2.05) is 16.7 Å². The summed E-state index contributed by atoms with van der Waals surface area (Å²) in [5.41, 5.74) is 1.54. The maximum Gasteiger partial charge on any atom is 0.152 e. The highest BCUT2D eigenvalue weighted by Crippen LogP contribution is 2.32. The molecule has 1 unspecified atom stereocenters. The summed E-state index contributed by atoms with van der Waals surface area (Å²) in [5, 5.41) is 0.578. The van der Waals surface area contributed by atoms with Gasteiger partial charge in [0, 0.05) is 6.04 Å². The van der Waals surface area contributed by atoms with Crippen LogP contribution in [-0.2, 0) is 15.7 Å². The van der Waals surface area contributed by atoms with Crippen molar-refractivity contribution in [3.8, 4) is 0 Å². The number of hydrogen-bond acceptors (Lipinski definition) is 3. The number of alkyl halides is 1. The average molecular weight is 333 g/mol. The molecule has 0 aliphatic carbocycles. The summed E-state index contributed by atoms with van der Waals surface area (Å²) in [6.07, 6.45) is 1.47. The standard InChI is InChI=1S/C13H14Cl2N2O2S/c14-7-12-16-11-5-1-4-10(15)13(11)17(12)9-3-2-6-20(18,19)8-9/h1,4-5,9H,2-3,6-8H2. The SMILES string of the molecule is O=S1(=O)CCCC(n2c(CCl)nc3cccc(Cl)c32)C1. The Morgan fingerprint density at radius 1 is 1.40 bits per heavy atom. The molecule has 108 valence electrons. The van der Waals surface area contributed by atoms with E-state index in [1.165, 1.54) is 0 Å². The van der Waals surface area contributed by atoms with Crippen LogP contribution in [0.15, 0.2) is 18.2 Å². The summed E-state index contributed by atoms with van der Waals surface area (Å²) >= 11 is 12.2. The number of halogens is 2. The van der Waals surface area contributed by atoms with E-state index in [-0.39, 0.29) is 23.4 Å². The molecule has 1 saturated heterocycles. The van der Waals surface area contributed by atoms with Crippen LogP contribution in [0.25, 0.3) is 11.0 Å². The van der Waals surface area contributed by atoms with Gasteiger partial charge in [-0.2, -0.15) is 0 Å². The molecule has 1 fully saturated rings. The van der Waals surface area contributed by atoms with Gasteiger partial charge in [0.15, 0.2) is 9.84 Å². The van der Waals surface area contributed by atoms with Gasteiger partial charge in [0.1, 0.15) is 5.82 Å². The van der Waals surface area contributed by atoms with Gasteiger partial charge in [-0.25, -0.2) is 13.4 Å². The molecule has 0 amide bonds. The van der Waals surface area contributed by atoms with Gasteiger partial charge in [-0.3, -0.25) is 0 Å². The third kappa shape index (κ3) is 2.43. The van der Waals surface area contributed by atoms with Crippen molar-refractivity contribution in [2.75, 3.05) is 11.5 Å². The van der Waals surface area contributed by atoms with E-state index in [9.17, 15) is 8.42 Å². The predicted octanol–water partition coefficient (Wildman–Crippen LogP) is 3.18. The lowest BCUT2D eigenvalue weighted by Gasteiger charge is -2.25. The quantitative estimate of drug-likeness (QED) is 0.793. The topological polar surface area (TPSA) is 52.0 Å². The molecule has 7 heteroatoms. The van der Waals surface area contributed by atoms with Crippen molar-refractivity contribution < 1.29 is 8.42 Å². The van der Waals surface area contributed by atoms with Crippen molar-refractivity contribution in [1.82, 2.24) is 9.55 Å². The second-order valence-corrected chi connectivity index (χ2v) is 7.95. The Balaban J connectivity index is 2.19. The number of fused-ring (bicyclic) bond motifs is 1. The largest absolute Gasteiger partial charge is 0.322 e. The van der Waals surface area contributed by atoms with Crippen LogP contribution >= 0.6 is 23.2 Å². The van der Waals surface area contributed by atoms with Gasteiger partial charge >= 0.3 is 0 Å². The van der Waals surface area contributed by atoms with Gasteiger partial charge < -0.3 is 4.57 Å². The Labute approximate surface area is 127 Å². The fourth-order valence-corrected chi connectivity index (χ4v) is 4.97. The van der Waals surface area contributed by atoms with Crippen molar-refractivity contribution in [2.45, 2.75) is 24.8 Å². The highest BCUT2D eigenvalue weighted by molar-refractivity contribution is 7.91. The van der Waals surface area contributed by atoms with Crippen LogP contribution < -0.4 is 0 Å². The van der Waals surface area contributed by atoms with Crippen LogP contribution in [0.5, 0.6) is 0 Å². The smallest absolute Gasteiger partial charge is 0.152 e. The zero-order valence-electron chi connectivity index (χ0n) is 10.7. The Hall–Kier alpha value is -0.780. The Morgan fingerprint density at radius 2 is 2.20 bits per heavy atom. The number of aromatic nitrogens is 2. The summed E-state index contributed by atoms with van der Waals surface area (Å²) < 4.78 is 25.7. The van der Waals surface area contributed by atoms with E-state index < -0.39 is 9.84 Å². The number of para-hydroxylation sites is 1. The molecule has 0 saturated carbocycles. The van der Waals surface area contributed by atoms with Gasteiger partial charge in [-0.1, -0.05) is 17.7 Å². The highest BCUT2D eigenvalue weighted by Gasteiger charge is 2.29. The third-order valence-corrected chi connectivity index (χ3v) is 6.01. The lowest BCUT2D eigenvalue weighted by Crippen LogP contribution is -2.28. The number of sulfone groups is 1. The molecule has 2 aromatic rings. The van der Waals surface area contributed by atoms with Crippen molar-refractivity contribution in [3.05, 3.63) is 29.0 Å². The molecule has 2 heterocycles. The van der Waals surface area contributed by atoms with Gasteiger partial charge in [0.2, 0.25) is 0 Å². The number of rotatable bonds is 2. The summed E-state index contributed by atoms with van der Waals surface area (Å²) in [5.74, 6) is 1.31. The second-order valence-electron chi connectivity index (χ2n) is 5.05. The van der Waals surface area contributed by atoms with Gasteiger partial charge in [-0.05, 0) is 25.0 Å². The molecule has 0 radical (unpaired) electrons. The first-order valence-corrected chi connectivity index (χ1v) is 9.17. The zero-order valence-corrected chi connectivity index (χ0v) is 13.0. The van der Waals surface area contributed by atoms with Crippen LogP contribution in [-0.4, -0.2) is 29.5 Å². The monoisotopic (exact) mass is 332 g/mol. The molecular weight excluding hydrogens is 319 g/mol.